The lowest BCUT2D eigenvalue weighted by Crippen LogP contribution is -2.22. The first-order valence-electron chi connectivity index (χ1n) is 11.9. The largest absolute Gasteiger partial charge is 0.370 e. The molecule has 5 nitrogen and oxygen atoms in total. The Kier molecular flexibility index (Phi) is 6.12. The molecule has 0 saturated carbocycles. The maximum Gasteiger partial charge on any atom is 0.256 e. The molecule has 2 aromatic heterocycles. The molecule has 1 aliphatic rings. The SMILES string of the molecule is O=C(Nc1ccc(C(=O)C2Nc3ccccc3Cn3cccc32)c(Cl)c1)c1ccccc1-c1cccs1. The van der Waals surface area contributed by atoms with Crippen molar-refractivity contribution in [3.05, 3.63) is 130 Å². The zero-order valence-electron chi connectivity index (χ0n) is 19.6. The van der Waals surface area contributed by atoms with E-state index in [4.69, 9.17) is 11.6 Å². The molecule has 0 aliphatic carbocycles. The van der Waals surface area contributed by atoms with Crippen LogP contribution in [0.3, 0.4) is 0 Å². The summed E-state index contributed by atoms with van der Waals surface area (Å²) in [5, 5.41) is 8.62. The Bertz CT molecular complexity index is 1620. The van der Waals surface area contributed by atoms with Crippen molar-refractivity contribution >= 4 is 46.0 Å². The molecule has 5 aromatic rings. The van der Waals surface area contributed by atoms with E-state index in [2.05, 4.69) is 21.3 Å². The van der Waals surface area contributed by atoms with Gasteiger partial charge in [0, 0.05) is 51.4 Å². The van der Waals surface area contributed by atoms with Gasteiger partial charge in [-0.3, -0.25) is 9.59 Å². The summed E-state index contributed by atoms with van der Waals surface area (Å²) in [7, 11) is 0. The normalized spacial score (nSPS) is 14.1. The van der Waals surface area contributed by atoms with Crippen LogP contribution in [0.2, 0.25) is 5.02 Å². The minimum atomic E-state index is -0.589. The van der Waals surface area contributed by atoms with Gasteiger partial charge >= 0.3 is 0 Å². The van der Waals surface area contributed by atoms with Gasteiger partial charge in [-0.25, -0.2) is 0 Å². The lowest BCUT2D eigenvalue weighted by atomic mass is 10.0. The molecule has 0 spiro atoms. The first-order valence-corrected chi connectivity index (χ1v) is 13.1. The number of carbonyl (C=O) groups excluding carboxylic acids is 2. The van der Waals surface area contributed by atoms with E-state index < -0.39 is 6.04 Å². The minimum absolute atomic E-state index is 0.137. The molecule has 182 valence electrons. The fourth-order valence-corrected chi connectivity index (χ4v) is 5.76. The van der Waals surface area contributed by atoms with Gasteiger partial charge in [0.2, 0.25) is 0 Å². The number of ketones is 1. The van der Waals surface area contributed by atoms with Crippen LogP contribution in [0.25, 0.3) is 10.4 Å². The van der Waals surface area contributed by atoms with Crippen LogP contribution in [0.1, 0.15) is 38.0 Å². The number of hydrogen-bond acceptors (Lipinski definition) is 4. The van der Waals surface area contributed by atoms with Crippen molar-refractivity contribution in [1.29, 1.82) is 0 Å². The number of halogens is 1. The summed E-state index contributed by atoms with van der Waals surface area (Å²) in [6, 6.07) is 27.8. The third-order valence-corrected chi connectivity index (χ3v) is 7.75. The Hall–Kier alpha value is -4.13. The van der Waals surface area contributed by atoms with Gasteiger partial charge in [0.15, 0.2) is 5.78 Å². The molecular weight excluding hydrogens is 502 g/mol. The van der Waals surface area contributed by atoms with Crippen LogP contribution in [0, 0.1) is 0 Å². The second-order valence-corrected chi connectivity index (χ2v) is 10.2. The van der Waals surface area contributed by atoms with Gasteiger partial charge in [-0.15, -0.1) is 11.3 Å². The second kappa shape index (κ2) is 9.73. The van der Waals surface area contributed by atoms with Crippen LogP contribution in [0.5, 0.6) is 0 Å². The molecule has 1 unspecified atom stereocenters. The van der Waals surface area contributed by atoms with Crippen molar-refractivity contribution in [1.82, 2.24) is 4.57 Å². The number of fused-ring (bicyclic) bond motifs is 2. The Morgan fingerprint density at radius 1 is 0.919 bits per heavy atom. The Balaban J connectivity index is 1.27. The summed E-state index contributed by atoms with van der Waals surface area (Å²) in [5.74, 6) is -0.374. The average molecular weight is 524 g/mol. The molecule has 1 aliphatic heterocycles. The standard InChI is InChI=1S/C30H22ClN3O2S/c31-24-17-20(32-30(36)22-9-3-2-8-21(22)27-12-6-16-37-27)13-14-23(24)29(35)28-26-11-5-15-34(26)18-19-7-1-4-10-25(19)33-28/h1-17,28,33H,18H2,(H,32,36). The van der Waals surface area contributed by atoms with Crippen LogP contribution >= 0.6 is 22.9 Å². The predicted octanol–water partition coefficient (Wildman–Crippen LogP) is 7.52. The highest BCUT2D eigenvalue weighted by Gasteiger charge is 2.29. The summed E-state index contributed by atoms with van der Waals surface area (Å²) in [6.07, 6.45) is 1.98. The number of para-hydroxylation sites is 1. The molecule has 1 amide bonds. The van der Waals surface area contributed by atoms with Gasteiger partial charge in [-0.1, -0.05) is 54.1 Å². The van der Waals surface area contributed by atoms with E-state index in [0.717, 1.165) is 27.4 Å². The fourth-order valence-electron chi connectivity index (χ4n) is 4.72. The molecule has 0 radical (unpaired) electrons. The van der Waals surface area contributed by atoms with Gasteiger partial charge in [-0.05, 0) is 59.5 Å². The summed E-state index contributed by atoms with van der Waals surface area (Å²) in [4.78, 5) is 27.9. The van der Waals surface area contributed by atoms with Gasteiger partial charge in [0.1, 0.15) is 6.04 Å². The van der Waals surface area contributed by atoms with Crippen LogP contribution in [-0.2, 0) is 6.54 Å². The number of benzene rings is 3. The molecule has 37 heavy (non-hydrogen) atoms. The Morgan fingerprint density at radius 2 is 1.76 bits per heavy atom. The molecular formula is C30H22ClN3O2S. The predicted molar refractivity (Wildman–Crippen MR) is 150 cm³/mol. The van der Waals surface area contributed by atoms with Crippen LogP contribution in [0.4, 0.5) is 11.4 Å². The average Bonchev–Trinajstić information content (AvgIpc) is 3.58. The maximum absolute atomic E-state index is 13.7. The van der Waals surface area contributed by atoms with Gasteiger partial charge in [-0.2, -0.15) is 0 Å². The van der Waals surface area contributed by atoms with E-state index in [1.807, 2.05) is 72.2 Å². The highest BCUT2D eigenvalue weighted by Crippen LogP contribution is 2.34. The Labute approximate surface area is 223 Å². The van der Waals surface area contributed by atoms with Gasteiger partial charge < -0.3 is 15.2 Å². The van der Waals surface area contributed by atoms with Gasteiger partial charge in [0.25, 0.3) is 5.91 Å². The molecule has 6 rings (SSSR count). The first kappa shape index (κ1) is 23.3. The third kappa shape index (κ3) is 4.46. The zero-order valence-corrected chi connectivity index (χ0v) is 21.2. The van der Waals surface area contributed by atoms with Crippen molar-refractivity contribution in [3.63, 3.8) is 0 Å². The van der Waals surface area contributed by atoms with E-state index in [-0.39, 0.29) is 16.7 Å². The number of thiophene rings is 1. The number of amides is 1. The quantitative estimate of drug-likeness (QED) is 0.234. The number of anilines is 2. The topological polar surface area (TPSA) is 63.1 Å². The lowest BCUT2D eigenvalue weighted by molar-refractivity contribution is 0.0966. The van der Waals surface area contributed by atoms with Crippen molar-refractivity contribution in [2.75, 3.05) is 10.6 Å². The third-order valence-electron chi connectivity index (χ3n) is 6.53. The number of nitrogens with zero attached hydrogens (tertiary/aromatic N) is 1. The van der Waals surface area contributed by atoms with Gasteiger partial charge in [0.05, 0.1) is 5.02 Å². The van der Waals surface area contributed by atoms with E-state index in [9.17, 15) is 9.59 Å². The fraction of sp³-hybridized carbons (Fsp3) is 0.0667. The monoisotopic (exact) mass is 523 g/mol. The molecule has 7 heteroatoms. The molecule has 1 atom stereocenters. The summed E-state index contributed by atoms with van der Waals surface area (Å²) in [6.45, 7) is 0.681. The summed E-state index contributed by atoms with van der Waals surface area (Å²) < 4.78 is 2.08. The van der Waals surface area contributed by atoms with Crippen LogP contribution in [-0.4, -0.2) is 16.3 Å². The van der Waals surface area contributed by atoms with Crippen molar-refractivity contribution < 1.29 is 9.59 Å². The molecule has 3 aromatic carbocycles. The van der Waals surface area contributed by atoms with Crippen LogP contribution in [0.15, 0.2) is 103 Å². The van der Waals surface area contributed by atoms with E-state index in [1.54, 1.807) is 35.6 Å². The number of nitrogens with one attached hydrogen (secondary N) is 2. The molecule has 0 saturated heterocycles. The van der Waals surface area contributed by atoms with Crippen molar-refractivity contribution in [3.8, 4) is 10.4 Å². The molecule has 0 fully saturated rings. The molecule has 3 heterocycles. The number of Topliss-reactive ketones (excluding diaryl/α,β-unsaturated/α-hetero) is 1. The smallest absolute Gasteiger partial charge is 0.256 e. The summed E-state index contributed by atoms with van der Waals surface area (Å²) >= 11 is 8.20. The van der Waals surface area contributed by atoms with E-state index >= 15 is 0 Å². The number of rotatable bonds is 5. The maximum atomic E-state index is 13.7. The number of hydrogen-bond donors (Lipinski definition) is 2. The second-order valence-electron chi connectivity index (χ2n) is 8.83. The molecule has 2 N–H and O–H groups in total. The highest BCUT2D eigenvalue weighted by atomic mass is 35.5. The zero-order chi connectivity index (χ0) is 25.4. The van der Waals surface area contributed by atoms with Crippen LogP contribution < -0.4 is 10.6 Å². The van der Waals surface area contributed by atoms with E-state index in [0.29, 0.717) is 23.4 Å². The van der Waals surface area contributed by atoms with Crippen molar-refractivity contribution in [2.45, 2.75) is 12.6 Å². The Morgan fingerprint density at radius 3 is 2.59 bits per heavy atom. The minimum Gasteiger partial charge on any atom is -0.370 e. The molecule has 0 bridgehead atoms. The summed E-state index contributed by atoms with van der Waals surface area (Å²) in [5.41, 5.74) is 5.27. The number of carbonyl (C=O) groups is 2. The first-order chi connectivity index (χ1) is 18.1. The van der Waals surface area contributed by atoms with Crippen molar-refractivity contribution in [2.24, 2.45) is 0 Å². The lowest BCUT2D eigenvalue weighted by Gasteiger charge is -2.19. The van der Waals surface area contributed by atoms with E-state index in [1.165, 1.54) is 0 Å². The number of aromatic nitrogens is 1. The highest BCUT2D eigenvalue weighted by molar-refractivity contribution is 7.13.